The van der Waals surface area contributed by atoms with E-state index < -0.39 is 0 Å². The minimum atomic E-state index is 0.862. The van der Waals surface area contributed by atoms with E-state index in [9.17, 15) is 0 Å². The summed E-state index contributed by atoms with van der Waals surface area (Å²) in [5.74, 6) is 1.88. The fraction of sp³-hybridized carbons (Fsp3) is 1.00. The highest BCUT2D eigenvalue weighted by molar-refractivity contribution is 4.91. The third-order valence-corrected chi connectivity index (χ3v) is 2.64. The Balaban J connectivity index is 1.55. The molecule has 58 valence electrons. The molecule has 2 N–H and O–H groups in total. The van der Waals surface area contributed by atoms with Gasteiger partial charge in [0.05, 0.1) is 0 Å². The predicted molar refractivity (Wildman–Crippen MR) is 41.9 cm³/mol. The molecule has 1 saturated carbocycles. The smallest absolute Gasteiger partial charge is 0.00965 e. The summed E-state index contributed by atoms with van der Waals surface area (Å²) in [5.41, 5.74) is 0. The quantitative estimate of drug-likeness (QED) is 0.585. The van der Waals surface area contributed by atoms with Gasteiger partial charge in [-0.25, -0.2) is 0 Å². The Morgan fingerprint density at radius 1 is 1.50 bits per heavy atom. The van der Waals surface area contributed by atoms with Gasteiger partial charge in [0.25, 0.3) is 0 Å². The second kappa shape index (κ2) is 2.51. The van der Waals surface area contributed by atoms with E-state index in [2.05, 4.69) is 17.6 Å². The van der Waals surface area contributed by atoms with Crippen LogP contribution in [0.2, 0.25) is 0 Å². The highest BCUT2D eigenvalue weighted by atomic mass is 15.0. The van der Waals surface area contributed by atoms with Crippen LogP contribution in [0.3, 0.4) is 0 Å². The molecule has 1 heterocycles. The van der Waals surface area contributed by atoms with Crippen molar-refractivity contribution in [2.75, 3.05) is 19.6 Å². The second-order valence-electron chi connectivity index (χ2n) is 3.75. The molecule has 2 unspecified atom stereocenters. The maximum absolute atomic E-state index is 3.57. The van der Waals surface area contributed by atoms with E-state index in [1.165, 1.54) is 26.1 Å². The summed E-state index contributed by atoms with van der Waals surface area (Å²) in [5, 5.41) is 6.84. The first kappa shape index (κ1) is 6.62. The lowest BCUT2D eigenvalue weighted by molar-refractivity contribution is 0.329. The maximum Gasteiger partial charge on any atom is 0.00965 e. The van der Waals surface area contributed by atoms with E-state index in [1.807, 2.05) is 0 Å². The molecule has 2 fully saturated rings. The van der Waals surface area contributed by atoms with Gasteiger partial charge in [0.2, 0.25) is 0 Å². The van der Waals surface area contributed by atoms with Gasteiger partial charge >= 0.3 is 0 Å². The van der Waals surface area contributed by atoms with E-state index in [4.69, 9.17) is 0 Å². The molecule has 0 bridgehead atoms. The van der Waals surface area contributed by atoms with Crippen molar-refractivity contribution in [1.29, 1.82) is 0 Å². The SMILES string of the molecule is CC1CC1NCC1CNC1. The van der Waals surface area contributed by atoms with E-state index in [-0.39, 0.29) is 0 Å². The van der Waals surface area contributed by atoms with E-state index in [0.29, 0.717) is 0 Å². The van der Waals surface area contributed by atoms with Gasteiger partial charge in [-0.2, -0.15) is 0 Å². The molecular weight excluding hydrogens is 124 g/mol. The van der Waals surface area contributed by atoms with Gasteiger partial charge in [0.1, 0.15) is 0 Å². The molecule has 1 saturated heterocycles. The lowest BCUT2D eigenvalue weighted by atomic mass is 10.0. The van der Waals surface area contributed by atoms with E-state index in [0.717, 1.165) is 17.9 Å². The van der Waals surface area contributed by atoms with Gasteiger partial charge in [0, 0.05) is 25.7 Å². The lowest BCUT2D eigenvalue weighted by Crippen LogP contribution is -2.47. The Morgan fingerprint density at radius 2 is 2.20 bits per heavy atom. The van der Waals surface area contributed by atoms with Gasteiger partial charge in [-0.05, 0) is 18.3 Å². The van der Waals surface area contributed by atoms with Crippen LogP contribution in [-0.4, -0.2) is 25.7 Å². The van der Waals surface area contributed by atoms with Gasteiger partial charge in [-0.1, -0.05) is 6.92 Å². The number of hydrogen-bond donors (Lipinski definition) is 2. The first-order chi connectivity index (χ1) is 4.86. The van der Waals surface area contributed by atoms with Crippen molar-refractivity contribution in [2.45, 2.75) is 19.4 Å². The van der Waals surface area contributed by atoms with Crippen LogP contribution in [-0.2, 0) is 0 Å². The summed E-state index contributed by atoms with van der Waals surface area (Å²) in [4.78, 5) is 0. The largest absolute Gasteiger partial charge is 0.316 e. The third-order valence-electron chi connectivity index (χ3n) is 2.64. The normalized spacial score (nSPS) is 39.3. The third kappa shape index (κ3) is 1.32. The second-order valence-corrected chi connectivity index (χ2v) is 3.75. The highest BCUT2D eigenvalue weighted by Crippen LogP contribution is 2.29. The van der Waals surface area contributed by atoms with Crippen molar-refractivity contribution in [3.63, 3.8) is 0 Å². The summed E-state index contributed by atoms with van der Waals surface area (Å²) < 4.78 is 0. The molecule has 2 nitrogen and oxygen atoms in total. The van der Waals surface area contributed by atoms with Gasteiger partial charge in [-0.15, -0.1) is 0 Å². The molecule has 2 atom stereocenters. The zero-order chi connectivity index (χ0) is 6.97. The topological polar surface area (TPSA) is 24.1 Å². The van der Waals surface area contributed by atoms with Crippen LogP contribution >= 0.6 is 0 Å². The van der Waals surface area contributed by atoms with Crippen LogP contribution in [0.1, 0.15) is 13.3 Å². The molecule has 0 aromatic heterocycles. The highest BCUT2D eigenvalue weighted by Gasteiger charge is 2.32. The van der Waals surface area contributed by atoms with Crippen LogP contribution in [0.5, 0.6) is 0 Å². The molecule has 0 radical (unpaired) electrons. The summed E-state index contributed by atoms with van der Waals surface area (Å²) in [6.45, 7) is 6.01. The summed E-state index contributed by atoms with van der Waals surface area (Å²) in [6, 6.07) is 0.862. The lowest BCUT2D eigenvalue weighted by Gasteiger charge is -2.27. The monoisotopic (exact) mass is 140 g/mol. The molecular formula is C8H16N2. The summed E-state index contributed by atoms with van der Waals surface area (Å²) in [7, 11) is 0. The average Bonchev–Trinajstić information content (AvgIpc) is 2.43. The molecule has 0 amide bonds. The fourth-order valence-corrected chi connectivity index (χ4v) is 1.42. The average molecular weight is 140 g/mol. The summed E-state index contributed by atoms with van der Waals surface area (Å²) in [6.07, 6.45) is 1.40. The van der Waals surface area contributed by atoms with Gasteiger partial charge < -0.3 is 10.6 Å². The summed E-state index contributed by atoms with van der Waals surface area (Å²) >= 11 is 0. The minimum Gasteiger partial charge on any atom is -0.316 e. The van der Waals surface area contributed by atoms with Crippen molar-refractivity contribution in [3.05, 3.63) is 0 Å². The van der Waals surface area contributed by atoms with Crippen molar-refractivity contribution < 1.29 is 0 Å². The van der Waals surface area contributed by atoms with Crippen molar-refractivity contribution >= 4 is 0 Å². The number of hydrogen-bond acceptors (Lipinski definition) is 2. The standard InChI is InChI=1S/C8H16N2/c1-6-2-8(6)10-5-7-3-9-4-7/h6-10H,2-5H2,1H3. The molecule has 0 spiro atoms. The Morgan fingerprint density at radius 3 is 2.60 bits per heavy atom. The van der Waals surface area contributed by atoms with Crippen LogP contribution in [0.4, 0.5) is 0 Å². The van der Waals surface area contributed by atoms with Crippen LogP contribution < -0.4 is 10.6 Å². The van der Waals surface area contributed by atoms with E-state index in [1.54, 1.807) is 0 Å². The number of nitrogens with one attached hydrogen (secondary N) is 2. The van der Waals surface area contributed by atoms with Crippen LogP contribution in [0.25, 0.3) is 0 Å². The van der Waals surface area contributed by atoms with Gasteiger partial charge in [-0.3, -0.25) is 0 Å². The maximum atomic E-state index is 3.57. The molecule has 10 heavy (non-hydrogen) atoms. The zero-order valence-electron chi connectivity index (χ0n) is 6.56. The van der Waals surface area contributed by atoms with Crippen molar-refractivity contribution in [1.82, 2.24) is 10.6 Å². The minimum absolute atomic E-state index is 0.862. The van der Waals surface area contributed by atoms with E-state index >= 15 is 0 Å². The first-order valence-electron chi connectivity index (χ1n) is 4.30. The molecule has 2 heteroatoms. The van der Waals surface area contributed by atoms with Gasteiger partial charge in [0.15, 0.2) is 0 Å². The molecule has 1 aliphatic heterocycles. The molecule has 2 aliphatic rings. The fourth-order valence-electron chi connectivity index (χ4n) is 1.42. The molecule has 0 aromatic rings. The Labute approximate surface area is 62.4 Å². The zero-order valence-corrected chi connectivity index (χ0v) is 6.56. The predicted octanol–water partition coefficient (Wildman–Crippen LogP) is 0.204. The van der Waals surface area contributed by atoms with Crippen molar-refractivity contribution in [2.24, 2.45) is 11.8 Å². The Hall–Kier alpha value is -0.0800. The first-order valence-corrected chi connectivity index (χ1v) is 4.30. The molecule has 0 aromatic carbocycles. The Kier molecular flexibility index (Phi) is 1.66. The number of rotatable bonds is 3. The van der Waals surface area contributed by atoms with Crippen LogP contribution in [0, 0.1) is 11.8 Å². The molecule has 2 rings (SSSR count). The Bertz CT molecular complexity index is 116. The van der Waals surface area contributed by atoms with Crippen LogP contribution in [0.15, 0.2) is 0 Å². The molecule has 1 aliphatic carbocycles. The van der Waals surface area contributed by atoms with Crippen molar-refractivity contribution in [3.8, 4) is 0 Å².